The van der Waals surface area contributed by atoms with Crippen molar-refractivity contribution < 1.29 is 22.7 Å². The molecule has 162 valence electrons. The second-order valence-corrected chi connectivity index (χ2v) is 10.00. The van der Waals surface area contributed by atoms with Crippen molar-refractivity contribution in [3.05, 3.63) is 57.5 Å². The van der Waals surface area contributed by atoms with Crippen molar-refractivity contribution >= 4 is 43.5 Å². The number of carbonyl (C=O) groups excluding carboxylic acids is 1. The van der Waals surface area contributed by atoms with Crippen molar-refractivity contribution in [3.8, 4) is 5.75 Å². The topological polar surface area (TPSA) is 84.9 Å². The van der Waals surface area contributed by atoms with Crippen molar-refractivity contribution in [1.82, 2.24) is 9.62 Å². The van der Waals surface area contributed by atoms with E-state index in [1.54, 1.807) is 0 Å². The van der Waals surface area contributed by atoms with E-state index in [1.165, 1.54) is 22.5 Å². The smallest absolute Gasteiger partial charge is 0.258 e. The van der Waals surface area contributed by atoms with Crippen molar-refractivity contribution in [3.63, 3.8) is 0 Å². The molecule has 0 saturated carbocycles. The van der Waals surface area contributed by atoms with Crippen LogP contribution < -0.4 is 10.1 Å². The first kappa shape index (κ1) is 23.0. The molecule has 0 aromatic heterocycles. The number of benzene rings is 2. The summed E-state index contributed by atoms with van der Waals surface area (Å²) in [7, 11) is -3.65. The molecule has 1 aliphatic heterocycles. The molecule has 0 spiro atoms. The molecule has 1 atom stereocenters. The van der Waals surface area contributed by atoms with Crippen LogP contribution in [0.15, 0.2) is 51.8 Å². The maximum absolute atomic E-state index is 12.7. The highest BCUT2D eigenvalue weighted by Gasteiger charge is 2.27. The molecule has 0 unspecified atom stereocenters. The van der Waals surface area contributed by atoms with Gasteiger partial charge in [0.2, 0.25) is 10.0 Å². The first-order valence-electron chi connectivity index (χ1n) is 9.32. The van der Waals surface area contributed by atoms with Gasteiger partial charge in [-0.2, -0.15) is 4.31 Å². The highest BCUT2D eigenvalue weighted by atomic mass is 79.9. The third-order valence-corrected chi connectivity index (χ3v) is 7.34. The molecule has 3 rings (SSSR count). The van der Waals surface area contributed by atoms with Gasteiger partial charge in [-0.3, -0.25) is 4.79 Å². The summed E-state index contributed by atoms with van der Waals surface area (Å²) in [5.41, 5.74) is 0.960. The second-order valence-electron chi connectivity index (χ2n) is 6.74. The molecule has 2 aromatic rings. The first-order chi connectivity index (χ1) is 14.3. The standard InChI is InChI=1S/C20H22BrClN2O5S/c1-14(15-2-4-16(21)5-3-15)23-20(25)13-29-19-7-6-17(12-18(19)22)30(26,27)24-8-10-28-11-9-24/h2-7,12,14H,8-11,13H2,1H3,(H,23,25)/t14-/m1/s1. The van der Waals surface area contributed by atoms with Crippen LogP contribution in [-0.2, 0) is 19.6 Å². The van der Waals surface area contributed by atoms with Gasteiger partial charge < -0.3 is 14.8 Å². The lowest BCUT2D eigenvalue weighted by molar-refractivity contribution is -0.123. The Morgan fingerprint density at radius 3 is 2.53 bits per heavy atom. The Balaban J connectivity index is 1.59. The average Bonchev–Trinajstić information content (AvgIpc) is 2.73. The van der Waals surface area contributed by atoms with Crippen molar-refractivity contribution in [1.29, 1.82) is 0 Å². The molecular weight excluding hydrogens is 496 g/mol. The third kappa shape index (κ3) is 5.73. The van der Waals surface area contributed by atoms with Crippen molar-refractivity contribution in [2.45, 2.75) is 17.9 Å². The van der Waals surface area contributed by atoms with E-state index in [0.717, 1.165) is 10.0 Å². The SMILES string of the molecule is C[C@@H](NC(=O)COc1ccc(S(=O)(=O)N2CCOCC2)cc1Cl)c1ccc(Br)cc1. The minimum absolute atomic E-state index is 0.0788. The Morgan fingerprint density at radius 2 is 1.90 bits per heavy atom. The van der Waals surface area contributed by atoms with Gasteiger partial charge in [0, 0.05) is 17.6 Å². The molecule has 1 aliphatic rings. The molecule has 30 heavy (non-hydrogen) atoms. The summed E-state index contributed by atoms with van der Waals surface area (Å²) in [5.74, 6) is -0.0736. The zero-order valence-corrected chi connectivity index (χ0v) is 19.5. The summed E-state index contributed by atoms with van der Waals surface area (Å²) in [6.07, 6.45) is 0. The van der Waals surface area contributed by atoms with Gasteiger partial charge >= 0.3 is 0 Å². The van der Waals surface area contributed by atoms with Crippen LogP contribution in [0, 0.1) is 0 Å². The Labute approximate surface area is 189 Å². The van der Waals surface area contributed by atoms with Gasteiger partial charge in [0.05, 0.1) is 29.2 Å². The summed E-state index contributed by atoms with van der Waals surface area (Å²) in [4.78, 5) is 12.3. The van der Waals surface area contributed by atoms with Gasteiger partial charge in [0.15, 0.2) is 6.61 Å². The number of sulfonamides is 1. The molecule has 0 radical (unpaired) electrons. The zero-order chi connectivity index (χ0) is 21.7. The van der Waals surface area contributed by atoms with E-state index in [4.69, 9.17) is 21.1 Å². The number of ether oxygens (including phenoxy) is 2. The van der Waals surface area contributed by atoms with E-state index in [2.05, 4.69) is 21.2 Å². The summed E-state index contributed by atoms with van der Waals surface area (Å²) in [6.45, 7) is 2.96. The van der Waals surface area contributed by atoms with Gasteiger partial charge in [-0.25, -0.2) is 8.42 Å². The van der Waals surface area contributed by atoms with Crippen LogP contribution in [-0.4, -0.2) is 51.5 Å². The van der Waals surface area contributed by atoms with E-state index in [9.17, 15) is 13.2 Å². The molecule has 7 nitrogen and oxygen atoms in total. The number of carbonyl (C=O) groups is 1. The number of nitrogens with one attached hydrogen (secondary N) is 1. The average molecular weight is 518 g/mol. The molecular formula is C20H22BrClN2O5S. The van der Waals surface area contributed by atoms with Crippen LogP contribution in [0.25, 0.3) is 0 Å². The first-order valence-corrected chi connectivity index (χ1v) is 11.9. The fourth-order valence-electron chi connectivity index (χ4n) is 2.96. The Hall–Kier alpha value is -1.65. The number of rotatable bonds is 7. The lowest BCUT2D eigenvalue weighted by atomic mass is 10.1. The predicted molar refractivity (Wildman–Crippen MR) is 117 cm³/mol. The zero-order valence-electron chi connectivity index (χ0n) is 16.3. The molecule has 1 saturated heterocycles. The van der Waals surface area contributed by atoms with Crippen LogP contribution in [0.1, 0.15) is 18.5 Å². The molecule has 1 fully saturated rings. The quantitative estimate of drug-likeness (QED) is 0.609. The van der Waals surface area contributed by atoms with Crippen molar-refractivity contribution in [2.75, 3.05) is 32.9 Å². The van der Waals surface area contributed by atoms with Crippen LogP contribution in [0.2, 0.25) is 5.02 Å². The van der Waals surface area contributed by atoms with E-state index < -0.39 is 10.0 Å². The normalized spacial score (nSPS) is 16.1. The van der Waals surface area contributed by atoms with E-state index in [0.29, 0.717) is 26.3 Å². The summed E-state index contributed by atoms with van der Waals surface area (Å²) < 4.78 is 38.4. The van der Waals surface area contributed by atoms with E-state index in [1.807, 2.05) is 31.2 Å². The highest BCUT2D eigenvalue weighted by molar-refractivity contribution is 9.10. The fourth-order valence-corrected chi connectivity index (χ4v) is 4.96. The van der Waals surface area contributed by atoms with Gasteiger partial charge in [0.25, 0.3) is 5.91 Å². The van der Waals surface area contributed by atoms with E-state index in [-0.39, 0.29) is 34.2 Å². The summed E-state index contributed by atoms with van der Waals surface area (Å²) >= 11 is 9.58. The maximum atomic E-state index is 12.7. The second kappa shape index (κ2) is 10.1. The van der Waals surface area contributed by atoms with Crippen LogP contribution >= 0.6 is 27.5 Å². The van der Waals surface area contributed by atoms with Gasteiger partial charge in [0.1, 0.15) is 5.75 Å². The molecule has 1 amide bonds. The Bertz CT molecular complexity index is 995. The molecule has 1 heterocycles. The summed E-state index contributed by atoms with van der Waals surface area (Å²) in [5, 5.41) is 2.97. The van der Waals surface area contributed by atoms with Crippen molar-refractivity contribution in [2.24, 2.45) is 0 Å². The molecule has 0 aliphatic carbocycles. The van der Waals surface area contributed by atoms with Crippen LogP contribution in [0.4, 0.5) is 0 Å². The molecule has 10 heteroatoms. The van der Waals surface area contributed by atoms with E-state index >= 15 is 0 Å². The largest absolute Gasteiger partial charge is 0.482 e. The number of hydrogen-bond acceptors (Lipinski definition) is 5. The lowest BCUT2D eigenvalue weighted by Crippen LogP contribution is -2.40. The molecule has 0 bridgehead atoms. The summed E-state index contributed by atoms with van der Waals surface area (Å²) in [6, 6.07) is 11.7. The van der Waals surface area contributed by atoms with Gasteiger partial charge in [-0.05, 0) is 42.8 Å². The fraction of sp³-hybridized carbons (Fsp3) is 0.350. The number of halogens is 2. The van der Waals surface area contributed by atoms with Gasteiger partial charge in [-0.15, -0.1) is 0 Å². The third-order valence-electron chi connectivity index (χ3n) is 4.62. The maximum Gasteiger partial charge on any atom is 0.258 e. The Morgan fingerprint density at radius 1 is 1.23 bits per heavy atom. The minimum atomic E-state index is -3.65. The molecule has 2 aromatic carbocycles. The number of nitrogens with zero attached hydrogens (tertiary/aromatic N) is 1. The number of amides is 1. The van der Waals surface area contributed by atoms with Gasteiger partial charge in [-0.1, -0.05) is 39.7 Å². The number of hydrogen-bond donors (Lipinski definition) is 1. The van der Waals surface area contributed by atoms with Crippen LogP contribution in [0.5, 0.6) is 5.75 Å². The Kier molecular flexibility index (Phi) is 7.75. The minimum Gasteiger partial charge on any atom is -0.482 e. The van der Waals surface area contributed by atoms with Crippen LogP contribution in [0.3, 0.4) is 0 Å². The predicted octanol–water partition coefficient (Wildman–Crippen LogP) is 3.38. The lowest BCUT2D eigenvalue weighted by Gasteiger charge is -2.26. The molecule has 1 N–H and O–H groups in total. The number of morpholine rings is 1. The monoisotopic (exact) mass is 516 g/mol. The highest BCUT2D eigenvalue weighted by Crippen LogP contribution is 2.29.